The van der Waals surface area contributed by atoms with Crippen molar-refractivity contribution in [1.29, 1.82) is 0 Å². The van der Waals surface area contributed by atoms with E-state index in [4.69, 9.17) is 9.15 Å². The zero-order valence-corrected chi connectivity index (χ0v) is 10.5. The summed E-state index contributed by atoms with van der Waals surface area (Å²) in [4.78, 5) is 11.8. The predicted octanol–water partition coefficient (Wildman–Crippen LogP) is 3.93. The molecule has 0 saturated heterocycles. The fraction of sp³-hybridized carbons (Fsp3) is 0.0625. The minimum Gasteiger partial charge on any atom is -0.457 e. The lowest BCUT2D eigenvalue weighted by Gasteiger charge is -2.02. The number of esters is 1. The van der Waals surface area contributed by atoms with Crippen LogP contribution < -0.4 is 0 Å². The monoisotopic (exact) mass is 270 g/mol. The first kappa shape index (κ1) is 12.4. The van der Waals surface area contributed by atoms with Crippen LogP contribution in [-0.2, 0) is 11.3 Å². The van der Waals surface area contributed by atoms with E-state index in [9.17, 15) is 9.18 Å². The first-order valence-electron chi connectivity index (χ1n) is 6.12. The van der Waals surface area contributed by atoms with Crippen molar-refractivity contribution in [3.8, 4) is 0 Å². The molecule has 100 valence electrons. The van der Waals surface area contributed by atoms with Crippen molar-refractivity contribution in [2.24, 2.45) is 0 Å². The van der Waals surface area contributed by atoms with Crippen molar-refractivity contribution in [2.75, 3.05) is 0 Å². The van der Waals surface area contributed by atoms with Gasteiger partial charge in [-0.3, -0.25) is 0 Å². The molecule has 2 aromatic carbocycles. The molecule has 20 heavy (non-hydrogen) atoms. The molecule has 0 fully saturated rings. The van der Waals surface area contributed by atoms with Gasteiger partial charge in [-0.05, 0) is 30.3 Å². The summed E-state index contributed by atoms with van der Waals surface area (Å²) in [7, 11) is 0. The molecule has 1 heterocycles. The third kappa shape index (κ3) is 2.54. The lowest BCUT2D eigenvalue weighted by atomic mass is 10.2. The molecule has 0 spiro atoms. The fourth-order valence-electron chi connectivity index (χ4n) is 1.94. The Kier molecular flexibility index (Phi) is 3.21. The van der Waals surface area contributed by atoms with Crippen molar-refractivity contribution < 1.29 is 18.3 Å². The number of ether oxygens (including phenoxy) is 1. The molecule has 4 heteroatoms. The molecule has 0 aliphatic heterocycles. The molecule has 0 bridgehead atoms. The molecule has 3 nitrogen and oxygen atoms in total. The molecule has 0 aliphatic rings. The Morgan fingerprint density at radius 3 is 2.75 bits per heavy atom. The summed E-state index contributed by atoms with van der Waals surface area (Å²) in [5, 5.41) is 0.948. The van der Waals surface area contributed by atoms with Gasteiger partial charge in [0, 0.05) is 5.39 Å². The number of carbonyl (C=O) groups excluding carboxylic acids is 1. The van der Waals surface area contributed by atoms with Gasteiger partial charge < -0.3 is 9.15 Å². The van der Waals surface area contributed by atoms with Crippen LogP contribution in [0.15, 0.2) is 59.0 Å². The van der Waals surface area contributed by atoms with Gasteiger partial charge in [-0.2, -0.15) is 0 Å². The van der Waals surface area contributed by atoms with Crippen LogP contribution in [0.25, 0.3) is 11.0 Å². The Morgan fingerprint density at radius 1 is 1.10 bits per heavy atom. The van der Waals surface area contributed by atoms with Gasteiger partial charge >= 0.3 is 5.97 Å². The predicted molar refractivity (Wildman–Crippen MR) is 71.7 cm³/mol. The molecule has 0 atom stereocenters. The van der Waals surface area contributed by atoms with Crippen molar-refractivity contribution >= 4 is 16.9 Å². The summed E-state index contributed by atoms with van der Waals surface area (Å²) in [6.45, 7) is 0.0179. The zero-order chi connectivity index (χ0) is 13.9. The van der Waals surface area contributed by atoms with Crippen molar-refractivity contribution in [2.45, 2.75) is 6.61 Å². The van der Waals surface area contributed by atoms with Gasteiger partial charge in [0.05, 0.1) is 5.56 Å². The molecule has 0 N–H and O–H groups in total. The lowest BCUT2D eigenvalue weighted by Crippen LogP contribution is -2.05. The van der Waals surface area contributed by atoms with E-state index in [1.54, 1.807) is 0 Å². The first-order chi connectivity index (χ1) is 9.72. The minimum atomic E-state index is -0.579. The molecule has 3 rings (SSSR count). The summed E-state index contributed by atoms with van der Waals surface area (Å²) < 4.78 is 23.6. The number of furan rings is 1. The number of fused-ring (bicyclic) bond motifs is 1. The van der Waals surface area contributed by atoms with Crippen molar-refractivity contribution in [3.63, 3.8) is 0 Å². The fourth-order valence-corrected chi connectivity index (χ4v) is 1.94. The maximum absolute atomic E-state index is 13.0. The Hall–Kier alpha value is -2.62. The maximum Gasteiger partial charge on any atom is 0.338 e. The maximum atomic E-state index is 13.0. The molecule has 0 saturated carbocycles. The van der Waals surface area contributed by atoms with Crippen LogP contribution in [0, 0.1) is 5.82 Å². The molecule has 3 aromatic rings. The standard InChI is InChI=1S/C16H11FO3/c17-13-6-3-5-12(8-13)16(18)19-10-14-9-11-4-1-2-7-15(11)20-14/h1-9H,10H2. The summed E-state index contributed by atoms with van der Waals surface area (Å²) in [5.41, 5.74) is 0.922. The minimum absolute atomic E-state index is 0.0179. The Bertz CT molecular complexity index is 728. The normalized spacial score (nSPS) is 10.7. The average Bonchev–Trinajstić information content (AvgIpc) is 2.87. The van der Waals surface area contributed by atoms with Gasteiger partial charge in [0.2, 0.25) is 0 Å². The second-order valence-corrected chi connectivity index (χ2v) is 4.34. The molecule has 0 amide bonds. The van der Waals surface area contributed by atoms with Crippen LogP contribution in [0.3, 0.4) is 0 Å². The average molecular weight is 270 g/mol. The summed E-state index contributed by atoms with van der Waals surface area (Å²) in [6, 6.07) is 14.7. The van der Waals surface area contributed by atoms with E-state index in [-0.39, 0.29) is 12.2 Å². The largest absolute Gasteiger partial charge is 0.457 e. The van der Waals surface area contributed by atoms with Crippen LogP contribution >= 0.6 is 0 Å². The van der Waals surface area contributed by atoms with Crippen LogP contribution in [0.2, 0.25) is 0 Å². The molecular formula is C16H11FO3. The van der Waals surface area contributed by atoms with E-state index in [1.165, 1.54) is 18.2 Å². The highest BCUT2D eigenvalue weighted by Gasteiger charge is 2.10. The number of hydrogen-bond acceptors (Lipinski definition) is 3. The summed E-state index contributed by atoms with van der Waals surface area (Å²) in [6.07, 6.45) is 0. The van der Waals surface area contributed by atoms with Crippen molar-refractivity contribution in [3.05, 3.63) is 71.7 Å². The Balaban J connectivity index is 1.71. The van der Waals surface area contributed by atoms with Gasteiger partial charge in [-0.15, -0.1) is 0 Å². The van der Waals surface area contributed by atoms with E-state index in [0.29, 0.717) is 5.76 Å². The van der Waals surface area contributed by atoms with Crippen LogP contribution in [-0.4, -0.2) is 5.97 Å². The molecule has 0 unspecified atom stereocenters. The van der Waals surface area contributed by atoms with E-state index >= 15 is 0 Å². The van der Waals surface area contributed by atoms with Gasteiger partial charge in [-0.25, -0.2) is 9.18 Å². The summed E-state index contributed by atoms with van der Waals surface area (Å²) >= 11 is 0. The molecule has 0 aliphatic carbocycles. The van der Waals surface area contributed by atoms with Gasteiger partial charge in [0.1, 0.15) is 23.8 Å². The highest BCUT2D eigenvalue weighted by molar-refractivity contribution is 5.89. The third-order valence-electron chi connectivity index (χ3n) is 2.88. The number of rotatable bonds is 3. The SMILES string of the molecule is O=C(OCc1cc2ccccc2o1)c1cccc(F)c1. The van der Waals surface area contributed by atoms with Crippen LogP contribution in [0.5, 0.6) is 0 Å². The second-order valence-electron chi connectivity index (χ2n) is 4.34. The smallest absolute Gasteiger partial charge is 0.338 e. The van der Waals surface area contributed by atoms with E-state index in [2.05, 4.69) is 0 Å². The summed E-state index contributed by atoms with van der Waals surface area (Å²) in [5.74, 6) is -0.496. The highest BCUT2D eigenvalue weighted by atomic mass is 19.1. The Labute approximate surface area is 114 Å². The molecular weight excluding hydrogens is 259 g/mol. The quantitative estimate of drug-likeness (QED) is 0.677. The Morgan fingerprint density at radius 2 is 1.95 bits per heavy atom. The van der Waals surface area contributed by atoms with Crippen LogP contribution in [0.1, 0.15) is 16.1 Å². The number of para-hydroxylation sites is 1. The molecule has 0 radical (unpaired) electrons. The van der Waals surface area contributed by atoms with Gasteiger partial charge in [0.25, 0.3) is 0 Å². The third-order valence-corrected chi connectivity index (χ3v) is 2.88. The lowest BCUT2D eigenvalue weighted by molar-refractivity contribution is 0.0447. The number of benzene rings is 2. The number of hydrogen-bond donors (Lipinski definition) is 0. The van der Waals surface area contributed by atoms with Gasteiger partial charge in [-0.1, -0.05) is 24.3 Å². The van der Waals surface area contributed by atoms with Crippen molar-refractivity contribution in [1.82, 2.24) is 0 Å². The van der Waals surface area contributed by atoms with Gasteiger partial charge in [0.15, 0.2) is 0 Å². The zero-order valence-electron chi connectivity index (χ0n) is 10.5. The topological polar surface area (TPSA) is 39.4 Å². The van der Waals surface area contributed by atoms with E-state index in [1.807, 2.05) is 30.3 Å². The van der Waals surface area contributed by atoms with Crippen LogP contribution in [0.4, 0.5) is 4.39 Å². The first-order valence-corrected chi connectivity index (χ1v) is 6.12. The van der Waals surface area contributed by atoms with E-state index < -0.39 is 11.8 Å². The number of halogens is 1. The van der Waals surface area contributed by atoms with E-state index in [0.717, 1.165) is 17.0 Å². The number of carbonyl (C=O) groups is 1. The molecule has 1 aromatic heterocycles. The highest BCUT2D eigenvalue weighted by Crippen LogP contribution is 2.19. The second kappa shape index (κ2) is 5.17.